The predicted octanol–water partition coefficient (Wildman–Crippen LogP) is 4.99. The molecule has 0 aliphatic carbocycles. The molecule has 0 spiro atoms. The highest BCUT2D eigenvalue weighted by Gasteiger charge is 2.22. The molecule has 0 unspecified atom stereocenters. The van der Waals surface area contributed by atoms with Gasteiger partial charge in [0.05, 0.1) is 27.4 Å². The summed E-state index contributed by atoms with van der Waals surface area (Å²) in [4.78, 5) is 13.2. The quantitative estimate of drug-likeness (QED) is 0.544. The average Bonchev–Trinajstić information content (AvgIpc) is 2.77. The molecule has 0 aromatic heterocycles. The second kappa shape index (κ2) is 9.47. The van der Waals surface area contributed by atoms with E-state index >= 15 is 0 Å². The molecule has 5 nitrogen and oxygen atoms in total. The molecule has 0 bridgehead atoms. The third-order valence-corrected chi connectivity index (χ3v) is 5.27. The summed E-state index contributed by atoms with van der Waals surface area (Å²) in [6, 6.07) is 20.6. The first-order valence-electron chi connectivity index (χ1n) is 8.99. The van der Waals surface area contributed by atoms with Crippen LogP contribution in [0.5, 0.6) is 17.2 Å². The lowest BCUT2D eigenvalue weighted by atomic mass is 9.98. The van der Waals surface area contributed by atoms with Crippen LogP contribution in [-0.2, 0) is 0 Å². The van der Waals surface area contributed by atoms with Gasteiger partial charge in [0.15, 0.2) is 11.5 Å². The Kier molecular flexibility index (Phi) is 6.77. The Morgan fingerprint density at radius 1 is 0.862 bits per heavy atom. The first-order chi connectivity index (χ1) is 14.1. The molecule has 1 atom stereocenters. The summed E-state index contributed by atoms with van der Waals surface area (Å²) < 4.78 is 17.0. The standard InChI is InChI=1S/C23H22BrNO4/c1-27-19-13-16(14-20(28-2)22(19)29-3)23(26)25-21(15-9-5-4-6-10-15)17-11-7-8-12-18(17)24/h4-14,21H,1-3H3,(H,25,26)/t21-/m1/s1. The van der Waals surface area contributed by atoms with Crippen molar-refractivity contribution in [3.05, 3.63) is 87.9 Å². The third-order valence-electron chi connectivity index (χ3n) is 4.55. The van der Waals surface area contributed by atoms with Crippen LogP contribution in [0.2, 0.25) is 0 Å². The van der Waals surface area contributed by atoms with E-state index in [0.29, 0.717) is 22.8 Å². The van der Waals surface area contributed by atoms with Crippen LogP contribution in [0.4, 0.5) is 0 Å². The molecule has 150 valence electrons. The molecule has 1 N–H and O–H groups in total. The molecule has 0 aliphatic rings. The molecular weight excluding hydrogens is 434 g/mol. The Bertz CT molecular complexity index is 966. The molecule has 0 radical (unpaired) electrons. The van der Waals surface area contributed by atoms with Crippen LogP contribution < -0.4 is 19.5 Å². The zero-order chi connectivity index (χ0) is 20.8. The normalized spacial score (nSPS) is 11.4. The topological polar surface area (TPSA) is 56.8 Å². The van der Waals surface area contributed by atoms with Crippen LogP contribution in [0.3, 0.4) is 0 Å². The highest BCUT2D eigenvalue weighted by atomic mass is 79.9. The van der Waals surface area contributed by atoms with E-state index in [2.05, 4.69) is 21.2 Å². The van der Waals surface area contributed by atoms with Crippen molar-refractivity contribution in [2.45, 2.75) is 6.04 Å². The van der Waals surface area contributed by atoms with Crippen LogP contribution in [0.1, 0.15) is 27.5 Å². The van der Waals surface area contributed by atoms with Crippen LogP contribution in [-0.4, -0.2) is 27.2 Å². The Balaban J connectivity index is 2.01. The van der Waals surface area contributed by atoms with E-state index in [-0.39, 0.29) is 11.9 Å². The van der Waals surface area contributed by atoms with Gasteiger partial charge in [-0.05, 0) is 29.3 Å². The molecule has 3 rings (SSSR count). The molecule has 1 amide bonds. The number of hydrogen-bond donors (Lipinski definition) is 1. The van der Waals surface area contributed by atoms with Gasteiger partial charge < -0.3 is 19.5 Å². The minimum Gasteiger partial charge on any atom is -0.493 e. The Labute approximate surface area is 178 Å². The number of methoxy groups -OCH3 is 3. The Hall–Kier alpha value is -2.99. The summed E-state index contributed by atoms with van der Waals surface area (Å²) in [5.41, 5.74) is 2.34. The smallest absolute Gasteiger partial charge is 0.252 e. The molecule has 0 heterocycles. The largest absolute Gasteiger partial charge is 0.493 e. The highest BCUT2D eigenvalue weighted by Crippen LogP contribution is 2.38. The highest BCUT2D eigenvalue weighted by molar-refractivity contribution is 9.10. The van der Waals surface area contributed by atoms with Gasteiger partial charge in [0.1, 0.15) is 0 Å². The number of carbonyl (C=O) groups excluding carboxylic acids is 1. The lowest BCUT2D eigenvalue weighted by molar-refractivity contribution is 0.0942. The fraction of sp³-hybridized carbons (Fsp3) is 0.174. The van der Waals surface area contributed by atoms with E-state index < -0.39 is 0 Å². The van der Waals surface area contributed by atoms with Crippen molar-refractivity contribution in [3.8, 4) is 17.2 Å². The van der Waals surface area contributed by atoms with Gasteiger partial charge in [-0.25, -0.2) is 0 Å². The van der Waals surface area contributed by atoms with E-state index in [1.807, 2.05) is 54.6 Å². The van der Waals surface area contributed by atoms with Gasteiger partial charge in [0, 0.05) is 10.0 Å². The predicted molar refractivity (Wildman–Crippen MR) is 116 cm³/mol. The monoisotopic (exact) mass is 455 g/mol. The maximum Gasteiger partial charge on any atom is 0.252 e. The van der Waals surface area contributed by atoms with Crippen molar-refractivity contribution in [3.63, 3.8) is 0 Å². The molecule has 0 aliphatic heterocycles. The van der Waals surface area contributed by atoms with E-state index in [1.165, 1.54) is 21.3 Å². The molecule has 6 heteroatoms. The first-order valence-corrected chi connectivity index (χ1v) is 9.78. The minimum absolute atomic E-state index is 0.256. The summed E-state index contributed by atoms with van der Waals surface area (Å²) in [5.74, 6) is 1.04. The van der Waals surface area contributed by atoms with Gasteiger partial charge in [0.25, 0.3) is 5.91 Å². The zero-order valence-corrected chi connectivity index (χ0v) is 18.0. The number of benzene rings is 3. The molecule has 0 saturated carbocycles. The molecule has 29 heavy (non-hydrogen) atoms. The van der Waals surface area contributed by atoms with Crippen molar-refractivity contribution in [1.29, 1.82) is 0 Å². The molecular formula is C23H22BrNO4. The summed E-state index contributed by atoms with van der Waals surface area (Å²) in [7, 11) is 4.57. The summed E-state index contributed by atoms with van der Waals surface area (Å²) in [6.07, 6.45) is 0. The molecule has 3 aromatic carbocycles. The van der Waals surface area contributed by atoms with Crippen molar-refractivity contribution in [2.75, 3.05) is 21.3 Å². The van der Waals surface area contributed by atoms with Gasteiger partial charge in [-0.3, -0.25) is 4.79 Å². The fourth-order valence-corrected chi connectivity index (χ4v) is 3.64. The first kappa shape index (κ1) is 20.7. The molecule has 0 saturated heterocycles. The van der Waals surface area contributed by atoms with E-state index in [0.717, 1.165) is 15.6 Å². The van der Waals surface area contributed by atoms with Crippen LogP contribution in [0.25, 0.3) is 0 Å². The van der Waals surface area contributed by atoms with Crippen molar-refractivity contribution < 1.29 is 19.0 Å². The van der Waals surface area contributed by atoms with Crippen molar-refractivity contribution in [1.82, 2.24) is 5.32 Å². The molecule has 3 aromatic rings. The van der Waals surface area contributed by atoms with Crippen molar-refractivity contribution >= 4 is 21.8 Å². The number of rotatable bonds is 7. The maximum absolute atomic E-state index is 13.2. The number of amides is 1. The van der Waals surface area contributed by atoms with Gasteiger partial charge in [-0.2, -0.15) is 0 Å². The summed E-state index contributed by atoms with van der Waals surface area (Å²) in [6.45, 7) is 0. The Morgan fingerprint density at radius 2 is 1.45 bits per heavy atom. The van der Waals surface area contributed by atoms with Gasteiger partial charge in [-0.15, -0.1) is 0 Å². The lowest BCUT2D eigenvalue weighted by Crippen LogP contribution is -2.29. The number of carbonyl (C=O) groups is 1. The summed E-state index contributed by atoms with van der Waals surface area (Å²) in [5, 5.41) is 3.13. The summed E-state index contributed by atoms with van der Waals surface area (Å²) >= 11 is 3.60. The second-order valence-electron chi connectivity index (χ2n) is 6.25. The Morgan fingerprint density at radius 3 is 2.00 bits per heavy atom. The second-order valence-corrected chi connectivity index (χ2v) is 7.11. The average molecular weight is 456 g/mol. The molecule has 0 fully saturated rings. The van der Waals surface area contributed by atoms with Gasteiger partial charge in [0.2, 0.25) is 5.75 Å². The number of halogens is 1. The fourth-order valence-electron chi connectivity index (χ4n) is 3.12. The SMILES string of the molecule is COc1cc(C(=O)N[C@H](c2ccccc2)c2ccccc2Br)cc(OC)c1OC. The van der Waals surface area contributed by atoms with Gasteiger partial charge in [-0.1, -0.05) is 64.5 Å². The van der Waals surface area contributed by atoms with E-state index in [1.54, 1.807) is 12.1 Å². The maximum atomic E-state index is 13.2. The van der Waals surface area contributed by atoms with Crippen LogP contribution >= 0.6 is 15.9 Å². The third kappa shape index (κ3) is 4.54. The number of nitrogens with one attached hydrogen (secondary N) is 1. The lowest BCUT2D eigenvalue weighted by Gasteiger charge is -2.22. The van der Waals surface area contributed by atoms with E-state index in [9.17, 15) is 4.79 Å². The van der Waals surface area contributed by atoms with Crippen molar-refractivity contribution in [2.24, 2.45) is 0 Å². The van der Waals surface area contributed by atoms with Crippen LogP contribution in [0, 0.1) is 0 Å². The number of hydrogen-bond acceptors (Lipinski definition) is 4. The number of ether oxygens (including phenoxy) is 3. The minimum atomic E-state index is -0.335. The zero-order valence-electron chi connectivity index (χ0n) is 16.4. The van der Waals surface area contributed by atoms with Crippen LogP contribution in [0.15, 0.2) is 71.2 Å². The van der Waals surface area contributed by atoms with E-state index in [4.69, 9.17) is 14.2 Å². The van der Waals surface area contributed by atoms with Gasteiger partial charge >= 0.3 is 0 Å².